The van der Waals surface area contributed by atoms with Gasteiger partial charge in [-0.05, 0) is 51.7 Å². The van der Waals surface area contributed by atoms with Crippen LogP contribution in [0.25, 0.3) is 0 Å². The molecule has 1 saturated heterocycles. The van der Waals surface area contributed by atoms with Gasteiger partial charge in [0, 0.05) is 27.0 Å². The molecule has 2 aromatic heterocycles. The lowest BCUT2D eigenvalue weighted by atomic mass is 10.1. The molecule has 0 saturated carbocycles. The summed E-state index contributed by atoms with van der Waals surface area (Å²) in [6, 6.07) is 3.33. The predicted molar refractivity (Wildman–Crippen MR) is 135 cm³/mol. The van der Waals surface area contributed by atoms with Crippen LogP contribution in [0.3, 0.4) is 0 Å². The largest absolute Gasteiger partial charge is 0.382 e. The van der Waals surface area contributed by atoms with Gasteiger partial charge in [-0.1, -0.05) is 13.0 Å². The highest BCUT2D eigenvalue weighted by atomic mass is 32.2. The van der Waals surface area contributed by atoms with Crippen molar-refractivity contribution in [1.82, 2.24) is 19.7 Å². The fourth-order valence-corrected chi connectivity index (χ4v) is 5.39. The van der Waals surface area contributed by atoms with Crippen molar-refractivity contribution < 1.29 is 27.4 Å². The number of hydrogen-bond donors (Lipinski definition) is 1. The number of pyridine rings is 1. The van der Waals surface area contributed by atoms with E-state index in [0.717, 1.165) is 24.8 Å². The summed E-state index contributed by atoms with van der Waals surface area (Å²) >= 11 is 0. The third-order valence-corrected chi connectivity index (χ3v) is 7.90. The van der Waals surface area contributed by atoms with E-state index in [1.54, 1.807) is 38.0 Å². The van der Waals surface area contributed by atoms with Gasteiger partial charge < -0.3 is 18.9 Å². The molecule has 36 heavy (non-hydrogen) atoms. The number of nitrogens with one attached hydrogen (secondary N) is 1. The van der Waals surface area contributed by atoms with Crippen LogP contribution in [0.5, 0.6) is 0 Å². The van der Waals surface area contributed by atoms with Gasteiger partial charge in [0.1, 0.15) is 17.5 Å². The number of ether oxygens (including phenoxy) is 4. The zero-order valence-corrected chi connectivity index (χ0v) is 22.8. The zero-order valence-electron chi connectivity index (χ0n) is 22.0. The Bertz CT molecular complexity index is 1060. The number of hydrogen-bond acceptors (Lipinski definition) is 9. The van der Waals surface area contributed by atoms with E-state index in [2.05, 4.69) is 19.9 Å². The SMILES string of the molecule is CCCO[C@@H](c1ccc(C)cn1)[C@H](C)S(=O)(=O)Nc1nnc([C@H]2CC[C@@H](C)O2)n1C(COC)COC. The second kappa shape index (κ2) is 12.9. The molecule has 0 radical (unpaired) electrons. The van der Waals surface area contributed by atoms with Crippen molar-refractivity contribution in [2.75, 3.05) is 38.8 Å². The van der Waals surface area contributed by atoms with Crippen LogP contribution in [0.4, 0.5) is 5.95 Å². The number of nitrogens with zero attached hydrogens (tertiary/aromatic N) is 4. The van der Waals surface area contributed by atoms with Crippen molar-refractivity contribution in [2.24, 2.45) is 0 Å². The number of rotatable bonds is 14. The third kappa shape index (κ3) is 6.80. The molecule has 1 aliphatic heterocycles. The van der Waals surface area contributed by atoms with Crippen LogP contribution < -0.4 is 4.72 Å². The summed E-state index contributed by atoms with van der Waals surface area (Å²) in [4.78, 5) is 4.43. The second-order valence-electron chi connectivity index (χ2n) is 9.23. The molecule has 0 aliphatic carbocycles. The first-order chi connectivity index (χ1) is 17.2. The highest BCUT2D eigenvalue weighted by Gasteiger charge is 2.36. The van der Waals surface area contributed by atoms with Gasteiger partial charge in [0.15, 0.2) is 5.82 Å². The molecule has 2 aromatic rings. The number of sulfonamides is 1. The van der Waals surface area contributed by atoms with Gasteiger partial charge in [0.25, 0.3) is 0 Å². The minimum absolute atomic E-state index is 0.0853. The molecule has 1 aliphatic rings. The Hall–Kier alpha value is -2.12. The van der Waals surface area contributed by atoms with Crippen molar-refractivity contribution in [2.45, 2.75) is 76.6 Å². The van der Waals surface area contributed by atoms with Crippen LogP contribution in [-0.2, 0) is 29.0 Å². The van der Waals surface area contributed by atoms with Gasteiger partial charge in [-0.2, -0.15) is 0 Å². The summed E-state index contributed by atoms with van der Waals surface area (Å²) in [6.45, 7) is 8.47. The summed E-state index contributed by atoms with van der Waals surface area (Å²) in [6.07, 6.45) is 3.13. The fourth-order valence-electron chi connectivity index (χ4n) is 4.26. The first kappa shape index (κ1) is 28.5. The van der Waals surface area contributed by atoms with E-state index in [9.17, 15) is 8.42 Å². The highest BCUT2D eigenvalue weighted by Crippen LogP contribution is 2.35. The Kier molecular flexibility index (Phi) is 10.2. The Morgan fingerprint density at radius 2 is 1.92 bits per heavy atom. The van der Waals surface area contributed by atoms with Gasteiger partial charge >= 0.3 is 0 Å². The van der Waals surface area contributed by atoms with Gasteiger partial charge in [-0.15, -0.1) is 10.2 Å². The maximum absolute atomic E-state index is 13.6. The molecule has 202 valence electrons. The molecule has 1 fully saturated rings. The number of anilines is 1. The highest BCUT2D eigenvalue weighted by molar-refractivity contribution is 7.93. The Balaban J connectivity index is 1.95. The summed E-state index contributed by atoms with van der Waals surface area (Å²) < 4.78 is 54.4. The number of aryl methyl sites for hydroxylation is 1. The molecule has 3 rings (SSSR count). The third-order valence-electron chi connectivity index (χ3n) is 6.20. The maximum atomic E-state index is 13.6. The van der Waals surface area contributed by atoms with E-state index in [1.165, 1.54) is 0 Å². The van der Waals surface area contributed by atoms with E-state index < -0.39 is 21.4 Å². The first-order valence-electron chi connectivity index (χ1n) is 12.4. The summed E-state index contributed by atoms with van der Waals surface area (Å²) in [5, 5.41) is 7.59. The first-order valence-corrected chi connectivity index (χ1v) is 13.9. The average Bonchev–Trinajstić information content (AvgIpc) is 3.45. The zero-order chi connectivity index (χ0) is 26.3. The van der Waals surface area contributed by atoms with E-state index in [0.29, 0.717) is 18.1 Å². The minimum atomic E-state index is -3.97. The molecule has 0 bridgehead atoms. The molecule has 4 atom stereocenters. The van der Waals surface area contributed by atoms with Crippen LogP contribution >= 0.6 is 0 Å². The van der Waals surface area contributed by atoms with Crippen LogP contribution in [-0.4, -0.2) is 73.6 Å². The van der Waals surface area contributed by atoms with Crippen molar-refractivity contribution in [1.29, 1.82) is 0 Å². The summed E-state index contributed by atoms with van der Waals surface area (Å²) in [5.74, 6) is 0.632. The van der Waals surface area contributed by atoms with E-state index in [4.69, 9.17) is 18.9 Å². The Labute approximate surface area is 213 Å². The Morgan fingerprint density at radius 1 is 1.19 bits per heavy atom. The van der Waals surface area contributed by atoms with Crippen molar-refractivity contribution >= 4 is 16.0 Å². The Morgan fingerprint density at radius 3 is 2.47 bits per heavy atom. The normalized spacial score (nSPS) is 20.1. The number of methoxy groups -OCH3 is 2. The maximum Gasteiger partial charge on any atom is 0.240 e. The average molecular weight is 526 g/mol. The molecule has 0 spiro atoms. The summed E-state index contributed by atoms with van der Waals surface area (Å²) in [5.41, 5.74) is 1.53. The number of aromatic nitrogens is 4. The monoisotopic (exact) mass is 525 g/mol. The standard InChI is InChI=1S/C24H39N5O6S/c1-7-12-34-22(20-10-8-16(2)13-25-20)18(4)36(30,31)28-24-27-26-23(21-11-9-17(3)35-21)29(24)19(14-32-5)15-33-6/h8,10,13,17-19,21-22H,7,9,11-12,14-15H2,1-6H3,(H,27,28)/t17-,18+,21-,22-/m1/s1. The van der Waals surface area contributed by atoms with Gasteiger partial charge in [0.05, 0.1) is 31.1 Å². The lowest BCUT2D eigenvalue weighted by molar-refractivity contribution is 0.0406. The molecule has 0 aromatic carbocycles. The van der Waals surface area contributed by atoms with E-state index in [-0.39, 0.29) is 37.4 Å². The molecule has 0 amide bonds. The molecular weight excluding hydrogens is 486 g/mol. The predicted octanol–water partition coefficient (Wildman–Crippen LogP) is 3.35. The quantitative estimate of drug-likeness (QED) is 0.395. The van der Waals surface area contributed by atoms with Crippen LogP contribution in [0, 0.1) is 6.92 Å². The minimum Gasteiger partial charge on any atom is -0.382 e. The topological polar surface area (TPSA) is 127 Å². The molecule has 12 heteroatoms. The van der Waals surface area contributed by atoms with Crippen molar-refractivity contribution in [3.63, 3.8) is 0 Å². The smallest absolute Gasteiger partial charge is 0.240 e. The van der Waals surface area contributed by atoms with E-state index >= 15 is 0 Å². The molecule has 11 nitrogen and oxygen atoms in total. The van der Waals surface area contributed by atoms with Crippen LogP contribution in [0.1, 0.15) is 75.4 Å². The van der Waals surface area contributed by atoms with Gasteiger partial charge in [-0.3, -0.25) is 14.3 Å². The summed E-state index contributed by atoms with van der Waals surface area (Å²) in [7, 11) is -0.808. The van der Waals surface area contributed by atoms with Crippen molar-refractivity contribution in [3.8, 4) is 0 Å². The molecule has 0 unspecified atom stereocenters. The van der Waals surface area contributed by atoms with Gasteiger partial charge in [-0.25, -0.2) is 8.42 Å². The second-order valence-corrected chi connectivity index (χ2v) is 11.3. The van der Waals surface area contributed by atoms with Gasteiger partial charge in [0.2, 0.25) is 16.0 Å². The van der Waals surface area contributed by atoms with Crippen LogP contribution in [0.2, 0.25) is 0 Å². The van der Waals surface area contributed by atoms with Crippen LogP contribution in [0.15, 0.2) is 18.3 Å². The molecule has 3 heterocycles. The lowest BCUT2D eigenvalue weighted by Gasteiger charge is -2.26. The van der Waals surface area contributed by atoms with E-state index in [1.807, 2.05) is 26.8 Å². The lowest BCUT2D eigenvalue weighted by Crippen LogP contribution is -2.34. The van der Waals surface area contributed by atoms with Crippen molar-refractivity contribution in [3.05, 3.63) is 35.4 Å². The molecule has 1 N–H and O–H groups in total. The molecular formula is C24H39N5O6S. The fraction of sp³-hybridized carbons (Fsp3) is 0.708.